The van der Waals surface area contributed by atoms with Gasteiger partial charge in [0.05, 0.1) is 12.1 Å². The number of hydrogen-bond donors (Lipinski definition) is 0. The molecule has 2 fully saturated rings. The molecule has 112 valence electrons. The summed E-state index contributed by atoms with van der Waals surface area (Å²) in [6.07, 6.45) is 2.08. The van der Waals surface area contributed by atoms with Gasteiger partial charge in [-0.2, -0.15) is 0 Å². The Kier molecular flexibility index (Phi) is 3.92. The lowest BCUT2D eigenvalue weighted by Crippen LogP contribution is -2.53. The van der Waals surface area contributed by atoms with Gasteiger partial charge in [-0.3, -0.25) is 9.59 Å². The van der Waals surface area contributed by atoms with Crippen molar-refractivity contribution >= 4 is 17.5 Å². The molecule has 0 spiro atoms. The molecule has 5 heteroatoms. The summed E-state index contributed by atoms with van der Waals surface area (Å²) in [5.74, 6) is 0.177. The number of carbonyl (C=O) groups excluding carboxylic acids is 2. The van der Waals surface area contributed by atoms with E-state index in [1.165, 1.54) is 7.11 Å². The summed E-state index contributed by atoms with van der Waals surface area (Å²) in [5.41, 5.74) is 0.929. The average molecular weight is 288 g/mol. The quantitative estimate of drug-likeness (QED) is 0.845. The number of methoxy groups -OCH3 is 1. The number of hydrogen-bond acceptors (Lipinski definition) is 3. The Hall–Kier alpha value is -1.88. The van der Waals surface area contributed by atoms with Crippen molar-refractivity contribution in [2.45, 2.75) is 31.3 Å². The highest BCUT2D eigenvalue weighted by atomic mass is 16.5. The molecule has 1 aromatic rings. The van der Waals surface area contributed by atoms with Gasteiger partial charge in [0.2, 0.25) is 11.8 Å². The molecule has 0 unspecified atom stereocenters. The van der Waals surface area contributed by atoms with Crippen LogP contribution in [0.4, 0.5) is 5.69 Å². The molecule has 2 atom stereocenters. The van der Waals surface area contributed by atoms with Crippen molar-refractivity contribution in [1.82, 2.24) is 4.90 Å². The molecule has 0 N–H and O–H groups in total. The van der Waals surface area contributed by atoms with Gasteiger partial charge in [0.25, 0.3) is 0 Å². The molecular weight excluding hydrogens is 268 g/mol. The van der Waals surface area contributed by atoms with Crippen LogP contribution in [0.1, 0.15) is 19.3 Å². The lowest BCUT2D eigenvalue weighted by molar-refractivity contribution is -0.137. The molecule has 0 radical (unpaired) electrons. The minimum absolute atomic E-state index is 0.0207. The SMILES string of the molecule is COCC(=O)N1CC[C@H]2[C@H]1CCC(=O)N2c1ccccc1. The monoisotopic (exact) mass is 288 g/mol. The van der Waals surface area contributed by atoms with Gasteiger partial charge in [0.15, 0.2) is 0 Å². The van der Waals surface area contributed by atoms with Gasteiger partial charge in [-0.25, -0.2) is 0 Å². The first kappa shape index (κ1) is 14.1. The molecule has 2 aliphatic heterocycles. The lowest BCUT2D eigenvalue weighted by Gasteiger charge is -2.39. The number of carbonyl (C=O) groups is 2. The zero-order valence-corrected chi connectivity index (χ0v) is 12.2. The summed E-state index contributed by atoms with van der Waals surface area (Å²) in [6, 6.07) is 9.95. The van der Waals surface area contributed by atoms with E-state index in [2.05, 4.69) is 0 Å². The third-order valence-electron chi connectivity index (χ3n) is 4.39. The molecule has 21 heavy (non-hydrogen) atoms. The van der Waals surface area contributed by atoms with E-state index in [0.29, 0.717) is 13.0 Å². The Bertz CT molecular complexity index is 532. The Balaban J connectivity index is 1.84. The predicted octanol–water partition coefficient (Wildman–Crippen LogP) is 1.43. The number of para-hydroxylation sites is 1. The first-order valence-corrected chi connectivity index (χ1v) is 7.38. The van der Waals surface area contributed by atoms with Crippen LogP contribution in [-0.2, 0) is 14.3 Å². The normalized spacial score (nSPS) is 25.1. The summed E-state index contributed by atoms with van der Waals surface area (Å²) in [5, 5.41) is 0. The highest BCUT2D eigenvalue weighted by Gasteiger charge is 2.45. The number of ether oxygens (including phenoxy) is 1. The maximum Gasteiger partial charge on any atom is 0.248 e. The maximum atomic E-state index is 12.3. The Labute approximate surface area is 124 Å². The number of amides is 2. The Morgan fingerprint density at radius 2 is 2.00 bits per heavy atom. The number of fused-ring (bicyclic) bond motifs is 1. The van der Waals surface area contributed by atoms with E-state index in [1.807, 2.05) is 40.1 Å². The van der Waals surface area contributed by atoms with Crippen LogP contribution in [0.15, 0.2) is 30.3 Å². The van der Waals surface area contributed by atoms with Gasteiger partial charge in [0, 0.05) is 25.8 Å². The van der Waals surface area contributed by atoms with E-state index in [-0.39, 0.29) is 30.5 Å². The number of rotatable bonds is 3. The molecule has 0 aromatic heterocycles. The summed E-state index contributed by atoms with van der Waals surface area (Å²) < 4.78 is 4.96. The molecule has 2 amide bonds. The maximum absolute atomic E-state index is 12.3. The third-order valence-corrected chi connectivity index (χ3v) is 4.39. The third kappa shape index (κ3) is 2.53. The highest BCUT2D eigenvalue weighted by Crippen LogP contribution is 2.34. The van der Waals surface area contributed by atoms with Crippen LogP contribution in [0.3, 0.4) is 0 Å². The number of likely N-dealkylation sites (tertiary alicyclic amines) is 1. The molecule has 5 nitrogen and oxygen atoms in total. The van der Waals surface area contributed by atoms with Crippen molar-refractivity contribution in [3.8, 4) is 0 Å². The molecule has 1 aromatic carbocycles. The van der Waals surface area contributed by atoms with Crippen LogP contribution < -0.4 is 4.90 Å². The molecule has 3 rings (SSSR count). The van der Waals surface area contributed by atoms with Crippen LogP contribution in [0.5, 0.6) is 0 Å². The molecule has 2 heterocycles. The topological polar surface area (TPSA) is 49.9 Å². The van der Waals surface area contributed by atoms with Crippen LogP contribution in [0.2, 0.25) is 0 Å². The van der Waals surface area contributed by atoms with E-state index in [0.717, 1.165) is 18.5 Å². The van der Waals surface area contributed by atoms with Gasteiger partial charge >= 0.3 is 0 Å². The first-order valence-electron chi connectivity index (χ1n) is 7.38. The molecule has 2 saturated heterocycles. The summed E-state index contributed by atoms with van der Waals surface area (Å²) >= 11 is 0. The summed E-state index contributed by atoms with van der Waals surface area (Å²) in [7, 11) is 1.53. The van der Waals surface area contributed by atoms with E-state index in [4.69, 9.17) is 4.74 Å². The minimum atomic E-state index is 0.0207. The van der Waals surface area contributed by atoms with Gasteiger partial charge in [0.1, 0.15) is 6.61 Å². The van der Waals surface area contributed by atoms with Crippen LogP contribution in [-0.4, -0.2) is 49.1 Å². The van der Waals surface area contributed by atoms with Gasteiger partial charge in [-0.1, -0.05) is 18.2 Å². The summed E-state index contributed by atoms with van der Waals surface area (Å²) in [6.45, 7) is 0.816. The van der Waals surface area contributed by atoms with Crippen molar-refractivity contribution in [1.29, 1.82) is 0 Å². The van der Waals surface area contributed by atoms with E-state index >= 15 is 0 Å². The standard InChI is InChI=1S/C16H20N2O3/c1-21-11-16(20)17-10-9-14-13(17)7-8-15(19)18(14)12-5-3-2-4-6-12/h2-6,13-14H,7-11H2,1H3/t13-,14+/m1/s1. The van der Waals surface area contributed by atoms with Crippen molar-refractivity contribution in [2.75, 3.05) is 25.2 Å². The minimum Gasteiger partial charge on any atom is -0.375 e. The zero-order valence-electron chi connectivity index (χ0n) is 12.2. The number of anilines is 1. The van der Waals surface area contributed by atoms with Gasteiger partial charge < -0.3 is 14.5 Å². The van der Waals surface area contributed by atoms with Crippen molar-refractivity contribution < 1.29 is 14.3 Å². The number of piperidine rings is 1. The first-order chi connectivity index (χ1) is 10.2. The smallest absolute Gasteiger partial charge is 0.248 e. The number of nitrogens with zero attached hydrogens (tertiary/aromatic N) is 2. The molecule has 0 aliphatic carbocycles. The Morgan fingerprint density at radius 3 is 2.71 bits per heavy atom. The van der Waals surface area contributed by atoms with E-state index in [1.54, 1.807) is 0 Å². The Morgan fingerprint density at radius 1 is 1.24 bits per heavy atom. The summed E-state index contributed by atoms with van der Waals surface area (Å²) in [4.78, 5) is 28.2. The highest BCUT2D eigenvalue weighted by molar-refractivity contribution is 5.95. The van der Waals surface area contributed by atoms with Crippen LogP contribution in [0.25, 0.3) is 0 Å². The molecule has 0 saturated carbocycles. The average Bonchev–Trinajstić information content (AvgIpc) is 2.92. The van der Waals surface area contributed by atoms with Crippen LogP contribution >= 0.6 is 0 Å². The van der Waals surface area contributed by atoms with Gasteiger partial charge in [-0.15, -0.1) is 0 Å². The largest absolute Gasteiger partial charge is 0.375 e. The fraction of sp³-hybridized carbons (Fsp3) is 0.500. The van der Waals surface area contributed by atoms with Crippen molar-refractivity contribution in [3.63, 3.8) is 0 Å². The van der Waals surface area contributed by atoms with E-state index < -0.39 is 0 Å². The zero-order chi connectivity index (χ0) is 14.8. The molecule has 0 bridgehead atoms. The fourth-order valence-electron chi connectivity index (χ4n) is 3.50. The molecular formula is C16H20N2O3. The van der Waals surface area contributed by atoms with Crippen molar-refractivity contribution in [2.24, 2.45) is 0 Å². The number of benzene rings is 1. The second-order valence-electron chi connectivity index (χ2n) is 5.58. The fourth-order valence-corrected chi connectivity index (χ4v) is 3.50. The van der Waals surface area contributed by atoms with Crippen LogP contribution in [0, 0.1) is 0 Å². The van der Waals surface area contributed by atoms with E-state index in [9.17, 15) is 9.59 Å². The second kappa shape index (κ2) is 5.85. The predicted molar refractivity (Wildman–Crippen MR) is 78.9 cm³/mol. The van der Waals surface area contributed by atoms with Crippen molar-refractivity contribution in [3.05, 3.63) is 30.3 Å². The lowest BCUT2D eigenvalue weighted by atomic mass is 9.95. The second-order valence-corrected chi connectivity index (χ2v) is 5.58. The molecule has 2 aliphatic rings. The van der Waals surface area contributed by atoms with Gasteiger partial charge in [-0.05, 0) is 25.0 Å².